The number of esters is 1. The van der Waals surface area contributed by atoms with Crippen LogP contribution in [0.3, 0.4) is 0 Å². The summed E-state index contributed by atoms with van der Waals surface area (Å²) >= 11 is 0. The molecule has 0 aromatic carbocycles. The summed E-state index contributed by atoms with van der Waals surface area (Å²) in [5.74, 6) is 2.66. The van der Waals surface area contributed by atoms with Gasteiger partial charge in [0, 0.05) is 0 Å². The molecule has 0 heterocycles. The van der Waals surface area contributed by atoms with Crippen LogP contribution in [-0.4, -0.2) is 12.1 Å². The van der Waals surface area contributed by atoms with Crippen molar-refractivity contribution in [3.8, 4) is 0 Å². The molecule has 4 saturated carbocycles. The van der Waals surface area contributed by atoms with E-state index in [-0.39, 0.29) is 17.5 Å². The summed E-state index contributed by atoms with van der Waals surface area (Å²) in [6.45, 7) is 4.50. The fourth-order valence-electron chi connectivity index (χ4n) is 6.73. The van der Waals surface area contributed by atoms with Crippen molar-refractivity contribution in [1.82, 2.24) is 0 Å². The maximum Gasteiger partial charge on any atom is 0.312 e. The van der Waals surface area contributed by atoms with Crippen molar-refractivity contribution in [1.29, 1.82) is 0 Å². The standard InChI is InChI=1S/C25H44O2/c1-3-5-6-7-8-9-10-11-13-23(12-4-2)27-24(26)25-17-20-14-21(18-25)16-22(15-20)19-25/h20-23H,3-19H2,1-2H3. The molecule has 2 heteroatoms. The predicted octanol–water partition coefficient (Wildman–Crippen LogP) is 7.45. The van der Waals surface area contributed by atoms with Gasteiger partial charge in [-0.2, -0.15) is 0 Å². The molecule has 4 bridgehead atoms. The lowest BCUT2D eigenvalue weighted by molar-refractivity contribution is -0.177. The highest BCUT2D eigenvalue weighted by atomic mass is 16.5. The zero-order chi connectivity index (χ0) is 19.1. The molecule has 4 aliphatic carbocycles. The minimum Gasteiger partial charge on any atom is -0.462 e. The Morgan fingerprint density at radius 3 is 1.81 bits per heavy atom. The maximum absolute atomic E-state index is 13.2. The lowest BCUT2D eigenvalue weighted by Gasteiger charge is -2.55. The molecule has 0 aromatic heterocycles. The van der Waals surface area contributed by atoms with E-state index in [9.17, 15) is 4.79 Å². The smallest absolute Gasteiger partial charge is 0.312 e. The summed E-state index contributed by atoms with van der Waals surface area (Å²) in [5.41, 5.74) is -0.0833. The molecule has 4 fully saturated rings. The van der Waals surface area contributed by atoms with Gasteiger partial charge in [-0.3, -0.25) is 4.79 Å². The summed E-state index contributed by atoms with van der Waals surface area (Å²) in [6, 6.07) is 0. The van der Waals surface area contributed by atoms with Crippen LogP contribution in [0.1, 0.15) is 123 Å². The van der Waals surface area contributed by atoms with Crippen LogP contribution < -0.4 is 0 Å². The normalized spacial score (nSPS) is 32.6. The third-order valence-electron chi connectivity index (χ3n) is 7.74. The van der Waals surface area contributed by atoms with E-state index in [1.54, 1.807) is 0 Å². The van der Waals surface area contributed by atoms with Gasteiger partial charge >= 0.3 is 5.97 Å². The Kier molecular flexibility index (Phi) is 8.09. The van der Waals surface area contributed by atoms with Crippen molar-refractivity contribution in [3.63, 3.8) is 0 Å². The second-order valence-corrected chi connectivity index (χ2v) is 10.3. The molecule has 0 aliphatic heterocycles. The van der Waals surface area contributed by atoms with E-state index in [4.69, 9.17) is 4.74 Å². The molecule has 1 atom stereocenters. The molecule has 0 radical (unpaired) electrons. The largest absolute Gasteiger partial charge is 0.462 e. The first kappa shape index (κ1) is 21.2. The molecule has 0 aromatic rings. The minimum atomic E-state index is -0.0833. The Labute approximate surface area is 168 Å². The highest BCUT2D eigenvalue weighted by Gasteiger charge is 2.55. The molecule has 0 amide bonds. The van der Waals surface area contributed by atoms with Gasteiger partial charge in [-0.05, 0) is 75.5 Å². The van der Waals surface area contributed by atoms with Gasteiger partial charge in [0.05, 0.1) is 5.41 Å². The van der Waals surface area contributed by atoms with E-state index in [0.29, 0.717) is 0 Å². The van der Waals surface area contributed by atoms with E-state index in [1.165, 1.54) is 70.6 Å². The molecule has 156 valence electrons. The average Bonchev–Trinajstić information content (AvgIpc) is 2.63. The van der Waals surface area contributed by atoms with Crippen LogP contribution in [0.5, 0.6) is 0 Å². The Hall–Kier alpha value is -0.530. The topological polar surface area (TPSA) is 26.3 Å². The van der Waals surface area contributed by atoms with Crippen LogP contribution in [0.25, 0.3) is 0 Å². The fourth-order valence-corrected chi connectivity index (χ4v) is 6.73. The Balaban J connectivity index is 1.39. The summed E-state index contributed by atoms with van der Waals surface area (Å²) in [6.07, 6.45) is 21.8. The van der Waals surface area contributed by atoms with Gasteiger partial charge in [-0.25, -0.2) is 0 Å². The average molecular weight is 377 g/mol. The highest BCUT2D eigenvalue weighted by molar-refractivity contribution is 5.77. The van der Waals surface area contributed by atoms with Crippen LogP contribution >= 0.6 is 0 Å². The molecular formula is C25H44O2. The van der Waals surface area contributed by atoms with Gasteiger partial charge in [-0.15, -0.1) is 0 Å². The monoisotopic (exact) mass is 376 g/mol. The van der Waals surface area contributed by atoms with Crippen molar-refractivity contribution in [2.75, 3.05) is 0 Å². The van der Waals surface area contributed by atoms with Crippen LogP contribution in [-0.2, 0) is 9.53 Å². The van der Waals surface area contributed by atoms with Crippen LogP contribution in [0, 0.1) is 23.2 Å². The van der Waals surface area contributed by atoms with Crippen molar-refractivity contribution >= 4 is 5.97 Å². The van der Waals surface area contributed by atoms with Gasteiger partial charge in [-0.1, -0.05) is 65.2 Å². The van der Waals surface area contributed by atoms with E-state index in [0.717, 1.165) is 56.3 Å². The predicted molar refractivity (Wildman–Crippen MR) is 113 cm³/mol. The lowest BCUT2D eigenvalue weighted by atomic mass is 9.49. The van der Waals surface area contributed by atoms with Gasteiger partial charge < -0.3 is 4.74 Å². The number of hydrogen-bond donors (Lipinski definition) is 0. The van der Waals surface area contributed by atoms with Crippen LogP contribution in [0.2, 0.25) is 0 Å². The Morgan fingerprint density at radius 1 is 0.778 bits per heavy atom. The van der Waals surface area contributed by atoms with Gasteiger partial charge in [0.15, 0.2) is 0 Å². The van der Waals surface area contributed by atoms with Crippen LogP contribution in [0.15, 0.2) is 0 Å². The summed E-state index contributed by atoms with van der Waals surface area (Å²) in [5, 5.41) is 0. The number of carbonyl (C=O) groups is 1. The fraction of sp³-hybridized carbons (Fsp3) is 0.960. The third kappa shape index (κ3) is 5.73. The number of hydrogen-bond acceptors (Lipinski definition) is 2. The Bertz CT molecular complexity index is 420. The Morgan fingerprint density at radius 2 is 1.30 bits per heavy atom. The SMILES string of the molecule is CCCCCCCCCCC(CCC)OC(=O)C12CC3CC(CC(C3)C1)C2. The second-order valence-electron chi connectivity index (χ2n) is 10.3. The van der Waals surface area contributed by atoms with Crippen molar-refractivity contribution < 1.29 is 9.53 Å². The highest BCUT2D eigenvalue weighted by Crippen LogP contribution is 2.60. The van der Waals surface area contributed by atoms with Crippen molar-refractivity contribution in [2.45, 2.75) is 129 Å². The van der Waals surface area contributed by atoms with Crippen molar-refractivity contribution in [2.24, 2.45) is 23.2 Å². The van der Waals surface area contributed by atoms with E-state index < -0.39 is 0 Å². The molecule has 0 spiro atoms. The molecule has 0 N–H and O–H groups in total. The van der Waals surface area contributed by atoms with Crippen LogP contribution in [0.4, 0.5) is 0 Å². The molecule has 2 nitrogen and oxygen atoms in total. The number of rotatable bonds is 13. The van der Waals surface area contributed by atoms with E-state index >= 15 is 0 Å². The van der Waals surface area contributed by atoms with E-state index in [2.05, 4.69) is 13.8 Å². The summed E-state index contributed by atoms with van der Waals surface area (Å²) < 4.78 is 6.20. The second kappa shape index (κ2) is 10.3. The molecule has 4 rings (SSSR count). The van der Waals surface area contributed by atoms with Gasteiger partial charge in [0.25, 0.3) is 0 Å². The molecule has 27 heavy (non-hydrogen) atoms. The number of ether oxygens (including phenoxy) is 1. The first-order valence-corrected chi connectivity index (χ1v) is 12.4. The molecular weight excluding hydrogens is 332 g/mol. The summed E-state index contributed by atoms with van der Waals surface area (Å²) in [4.78, 5) is 13.2. The third-order valence-corrected chi connectivity index (χ3v) is 7.74. The molecule has 4 aliphatic rings. The zero-order valence-corrected chi connectivity index (χ0v) is 18.1. The van der Waals surface area contributed by atoms with Gasteiger partial charge in [0.1, 0.15) is 6.10 Å². The van der Waals surface area contributed by atoms with Gasteiger partial charge in [0.2, 0.25) is 0 Å². The minimum absolute atomic E-state index is 0.0833. The quantitative estimate of drug-likeness (QED) is 0.246. The lowest BCUT2D eigenvalue weighted by Crippen LogP contribution is -2.51. The number of unbranched alkanes of at least 4 members (excludes halogenated alkanes) is 7. The first-order valence-electron chi connectivity index (χ1n) is 12.4. The van der Waals surface area contributed by atoms with Crippen molar-refractivity contribution in [3.05, 3.63) is 0 Å². The molecule has 1 unspecified atom stereocenters. The zero-order valence-electron chi connectivity index (χ0n) is 18.1. The maximum atomic E-state index is 13.2. The first-order chi connectivity index (χ1) is 13.1. The molecule has 0 saturated heterocycles. The summed E-state index contributed by atoms with van der Waals surface area (Å²) in [7, 11) is 0. The number of carbonyl (C=O) groups excluding carboxylic acids is 1. The van der Waals surface area contributed by atoms with E-state index in [1.807, 2.05) is 0 Å².